The lowest BCUT2D eigenvalue weighted by Crippen LogP contribution is -1.73. The molecule has 0 saturated heterocycles. The maximum absolute atomic E-state index is 2.16. The van der Waals surface area contributed by atoms with E-state index in [9.17, 15) is 0 Å². The molecule has 0 aliphatic heterocycles. The van der Waals surface area contributed by atoms with Crippen molar-refractivity contribution in [1.29, 1.82) is 0 Å². The Morgan fingerprint density at radius 1 is 0.375 bits per heavy atom. The zero-order valence-electron chi connectivity index (χ0n) is 15.3. The molecule has 0 saturated carbocycles. The van der Waals surface area contributed by atoms with Crippen molar-refractivity contribution in [3.63, 3.8) is 0 Å². The van der Waals surface area contributed by atoms with E-state index >= 15 is 0 Å². The molecule has 0 atom stereocenters. The van der Waals surface area contributed by atoms with Crippen LogP contribution < -0.4 is 0 Å². The molecule has 24 heavy (non-hydrogen) atoms. The summed E-state index contributed by atoms with van der Waals surface area (Å²) >= 11 is 0. The molecule has 0 N–H and O–H groups in total. The number of aryl methyl sites for hydroxylation is 3. The van der Waals surface area contributed by atoms with E-state index in [0.717, 1.165) is 19.3 Å². The zero-order valence-corrected chi connectivity index (χ0v) is 15.3. The predicted molar refractivity (Wildman–Crippen MR) is 107 cm³/mol. The van der Waals surface area contributed by atoms with E-state index in [1.165, 1.54) is 16.7 Å². The van der Waals surface area contributed by atoms with E-state index in [2.05, 4.69) is 93.6 Å². The maximum atomic E-state index is 2.16. The fourth-order valence-corrected chi connectivity index (χ4v) is 2.14. The van der Waals surface area contributed by atoms with Crippen molar-refractivity contribution in [3.05, 3.63) is 108 Å². The second-order valence-electron chi connectivity index (χ2n) is 5.52. The summed E-state index contributed by atoms with van der Waals surface area (Å²) in [6, 6.07) is 31.4. The molecule has 3 aromatic rings. The molecule has 0 bridgehead atoms. The average molecular weight is 319 g/mol. The minimum atomic E-state index is 1.14. The highest BCUT2D eigenvalue weighted by Crippen LogP contribution is 1.98. The van der Waals surface area contributed by atoms with Crippen LogP contribution in [0.3, 0.4) is 0 Å². The first kappa shape index (κ1) is 19.7. The lowest BCUT2D eigenvalue weighted by molar-refractivity contribution is 1.14. The van der Waals surface area contributed by atoms with Crippen molar-refractivity contribution < 1.29 is 0 Å². The zero-order chi connectivity index (χ0) is 17.5. The van der Waals surface area contributed by atoms with E-state index in [1.807, 2.05) is 18.2 Å². The van der Waals surface area contributed by atoms with Crippen molar-refractivity contribution in [3.8, 4) is 0 Å². The van der Waals surface area contributed by atoms with Crippen LogP contribution in [0.1, 0.15) is 37.5 Å². The van der Waals surface area contributed by atoms with Gasteiger partial charge in [-0.2, -0.15) is 0 Å². The molecule has 0 radical (unpaired) electrons. The predicted octanol–water partition coefficient (Wildman–Crippen LogP) is 6.75. The fraction of sp³-hybridized carbons (Fsp3) is 0.250. The molecule has 0 aromatic heterocycles. The van der Waals surface area contributed by atoms with Crippen LogP contribution in [0.4, 0.5) is 0 Å². The third kappa shape index (κ3) is 8.95. The molecule has 0 aliphatic rings. The summed E-state index contributed by atoms with van der Waals surface area (Å²) in [5, 5.41) is 0. The van der Waals surface area contributed by atoms with Gasteiger partial charge in [0.25, 0.3) is 0 Å². The third-order valence-corrected chi connectivity index (χ3v) is 3.75. The summed E-state index contributed by atoms with van der Waals surface area (Å²) in [6.45, 7) is 6.49. The van der Waals surface area contributed by atoms with Gasteiger partial charge >= 0.3 is 0 Å². The van der Waals surface area contributed by atoms with E-state index in [0.29, 0.717) is 0 Å². The summed E-state index contributed by atoms with van der Waals surface area (Å²) in [7, 11) is 0. The maximum Gasteiger partial charge on any atom is -0.0307 e. The van der Waals surface area contributed by atoms with Gasteiger partial charge in [-0.3, -0.25) is 0 Å². The Kier molecular flexibility index (Phi) is 10.8. The largest absolute Gasteiger partial charge is 0.0622 e. The van der Waals surface area contributed by atoms with E-state index in [4.69, 9.17) is 0 Å². The second kappa shape index (κ2) is 13.1. The Hall–Kier alpha value is -2.34. The number of hydrogen-bond donors (Lipinski definition) is 0. The van der Waals surface area contributed by atoms with Gasteiger partial charge in [0, 0.05) is 0 Å². The van der Waals surface area contributed by atoms with Gasteiger partial charge in [-0.25, -0.2) is 0 Å². The van der Waals surface area contributed by atoms with Gasteiger partial charge in [0.2, 0.25) is 0 Å². The third-order valence-electron chi connectivity index (χ3n) is 3.75. The average Bonchev–Trinajstić information content (AvgIpc) is 2.71. The van der Waals surface area contributed by atoms with Crippen LogP contribution in [-0.4, -0.2) is 0 Å². The number of benzene rings is 3. The first-order valence-corrected chi connectivity index (χ1v) is 8.91. The Balaban J connectivity index is 0.000000180. The SMILES string of the molecule is CCc1ccccc1.CCc1ccccc1.CCc1ccccc1. The Morgan fingerprint density at radius 2 is 0.583 bits per heavy atom. The topological polar surface area (TPSA) is 0 Å². The minimum Gasteiger partial charge on any atom is -0.0622 e. The minimum absolute atomic E-state index is 1.14. The molecular formula is C24H30. The van der Waals surface area contributed by atoms with Crippen molar-refractivity contribution in [1.82, 2.24) is 0 Å². The van der Waals surface area contributed by atoms with E-state index < -0.39 is 0 Å². The van der Waals surface area contributed by atoms with Gasteiger partial charge in [0.1, 0.15) is 0 Å². The molecule has 0 nitrogen and oxygen atoms in total. The highest BCUT2D eigenvalue weighted by molar-refractivity contribution is 5.15. The van der Waals surface area contributed by atoms with Gasteiger partial charge in [-0.05, 0) is 36.0 Å². The van der Waals surface area contributed by atoms with Crippen LogP contribution in [-0.2, 0) is 19.3 Å². The first-order valence-electron chi connectivity index (χ1n) is 8.91. The Labute approximate surface area is 148 Å². The van der Waals surface area contributed by atoms with Gasteiger partial charge in [-0.15, -0.1) is 0 Å². The van der Waals surface area contributed by atoms with Gasteiger partial charge in [-0.1, -0.05) is 112 Å². The molecule has 0 unspecified atom stereocenters. The van der Waals surface area contributed by atoms with Gasteiger partial charge < -0.3 is 0 Å². The van der Waals surface area contributed by atoms with Gasteiger partial charge in [0.05, 0.1) is 0 Å². The summed E-state index contributed by atoms with van der Waals surface area (Å²) in [6.07, 6.45) is 3.42. The van der Waals surface area contributed by atoms with E-state index in [-0.39, 0.29) is 0 Å². The molecule has 126 valence electrons. The van der Waals surface area contributed by atoms with Crippen molar-refractivity contribution in [2.75, 3.05) is 0 Å². The molecule has 0 aliphatic carbocycles. The lowest BCUT2D eigenvalue weighted by atomic mass is 10.2. The summed E-state index contributed by atoms with van der Waals surface area (Å²) in [5.74, 6) is 0. The lowest BCUT2D eigenvalue weighted by Gasteiger charge is -1.89. The normalized spacial score (nSPS) is 9.12. The van der Waals surface area contributed by atoms with Gasteiger partial charge in [0.15, 0.2) is 0 Å². The molecule has 0 heterocycles. The van der Waals surface area contributed by atoms with Crippen LogP contribution in [0.2, 0.25) is 0 Å². The molecular weight excluding hydrogens is 288 g/mol. The summed E-state index contributed by atoms with van der Waals surface area (Å²) in [4.78, 5) is 0. The first-order chi connectivity index (χ1) is 11.8. The van der Waals surface area contributed by atoms with Crippen LogP contribution >= 0.6 is 0 Å². The van der Waals surface area contributed by atoms with Crippen molar-refractivity contribution in [2.45, 2.75) is 40.0 Å². The molecule has 0 amide bonds. The fourth-order valence-electron chi connectivity index (χ4n) is 2.14. The number of rotatable bonds is 3. The monoisotopic (exact) mass is 318 g/mol. The quantitative estimate of drug-likeness (QED) is 0.501. The smallest absolute Gasteiger partial charge is 0.0307 e. The Morgan fingerprint density at radius 3 is 0.708 bits per heavy atom. The molecule has 0 heteroatoms. The number of hydrogen-bond acceptors (Lipinski definition) is 0. The molecule has 0 fully saturated rings. The van der Waals surface area contributed by atoms with Crippen LogP contribution in [0, 0.1) is 0 Å². The molecule has 3 rings (SSSR count). The second-order valence-corrected chi connectivity index (χ2v) is 5.52. The summed E-state index contributed by atoms with van der Waals surface area (Å²) in [5.41, 5.74) is 4.23. The molecule has 0 spiro atoms. The van der Waals surface area contributed by atoms with Crippen molar-refractivity contribution >= 4 is 0 Å². The van der Waals surface area contributed by atoms with Crippen LogP contribution in [0.15, 0.2) is 91.0 Å². The van der Waals surface area contributed by atoms with Crippen LogP contribution in [0.5, 0.6) is 0 Å². The highest BCUT2D eigenvalue weighted by Gasteiger charge is 1.81. The van der Waals surface area contributed by atoms with Crippen molar-refractivity contribution in [2.24, 2.45) is 0 Å². The van der Waals surface area contributed by atoms with Crippen LogP contribution in [0.25, 0.3) is 0 Å². The standard InChI is InChI=1S/3C8H10/c3*1-2-8-6-4-3-5-7-8/h3*3-7H,2H2,1H3. The highest BCUT2D eigenvalue weighted by atomic mass is 13.9. The Bertz CT molecular complexity index is 518. The molecule has 3 aromatic carbocycles. The summed E-state index contributed by atoms with van der Waals surface area (Å²) < 4.78 is 0. The van der Waals surface area contributed by atoms with E-state index in [1.54, 1.807) is 0 Å².